The van der Waals surface area contributed by atoms with Gasteiger partial charge in [-0.25, -0.2) is 9.29 Å². The predicted octanol–water partition coefficient (Wildman–Crippen LogP) is 4.86. The van der Waals surface area contributed by atoms with Crippen molar-refractivity contribution in [3.8, 4) is 11.5 Å². The summed E-state index contributed by atoms with van der Waals surface area (Å²) in [6, 6.07) is 16.3. The van der Waals surface area contributed by atoms with Crippen molar-refractivity contribution in [2.24, 2.45) is 0 Å². The Kier molecular flexibility index (Phi) is 5.87. The van der Waals surface area contributed by atoms with Gasteiger partial charge < -0.3 is 14.8 Å². The van der Waals surface area contributed by atoms with Crippen molar-refractivity contribution in [3.05, 3.63) is 88.9 Å². The van der Waals surface area contributed by atoms with Gasteiger partial charge in [-0.1, -0.05) is 35.9 Å². The van der Waals surface area contributed by atoms with Crippen molar-refractivity contribution >= 4 is 28.8 Å². The molecule has 2 amide bonds. The first-order chi connectivity index (χ1) is 15.8. The minimum Gasteiger partial charge on any atom is -0.497 e. The van der Waals surface area contributed by atoms with Crippen LogP contribution in [0.4, 0.5) is 15.8 Å². The van der Waals surface area contributed by atoms with Crippen molar-refractivity contribution in [1.82, 2.24) is 0 Å². The lowest BCUT2D eigenvalue weighted by Crippen LogP contribution is -2.33. The summed E-state index contributed by atoms with van der Waals surface area (Å²) in [7, 11) is 3.03. The highest BCUT2D eigenvalue weighted by Gasteiger charge is 2.41. The molecule has 7 heteroatoms. The summed E-state index contributed by atoms with van der Waals surface area (Å²) in [6.45, 7) is 3.81. The number of hydrogen-bond acceptors (Lipinski definition) is 5. The Morgan fingerprint density at radius 1 is 0.848 bits per heavy atom. The van der Waals surface area contributed by atoms with Gasteiger partial charge in [0.05, 0.1) is 25.5 Å². The van der Waals surface area contributed by atoms with Gasteiger partial charge in [0, 0.05) is 23.9 Å². The highest BCUT2D eigenvalue weighted by atomic mass is 19.1. The SMILES string of the molecule is COc1cc(NC2=C(c3ccc(C)cc3C)C(=O)N(c3ccccc3F)C2=O)cc(OC)c1. The number of benzene rings is 3. The van der Waals surface area contributed by atoms with Gasteiger partial charge in [-0.15, -0.1) is 0 Å². The minimum absolute atomic E-state index is 0.0468. The molecular weight excluding hydrogens is 423 g/mol. The topological polar surface area (TPSA) is 67.9 Å². The number of methoxy groups -OCH3 is 2. The van der Waals surface area contributed by atoms with Gasteiger partial charge in [0.1, 0.15) is 23.0 Å². The Hall–Kier alpha value is -4.13. The van der Waals surface area contributed by atoms with Crippen LogP contribution in [0.5, 0.6) is 11.5 Å². The first-order valence-electron chi connectivity index (χ1n) is 10.3. The van der Waals surface area contributed by atoms with Crippen molar-refractivity contribution in [2.45, 2.75) is 13.8 Å². The number of para-hydroxylation sites is 1. The Morgan fingerprint density at radius 2 is 1.52 bits per heavy atom. The average molecular weight is 446 g/mol. The number of hydrogen-bond donors (Lipinski definition) is 1. The lowest BCUT2D eigenvalue weighted by Gasteiger charge is -2.16. The highest BCUT2D eigenvalue weighted by molar-refractivity contribution is 6.46. The molecule has 1 aliphatic heterocycles. The number of aryl methyl sites for hydroxylation is 2. The van der Waals surface area contributed by atoms with Crippen LogP contribution in [0.15, 0.2) is 66.4 Å². The molecule has 3 aromatic rings. The zero-order valence-corrected chi connectivity index (χ0v) is 18.7. The normalized spacial score (nSPS) is 13.5. The van der Waals surface area contributed by atoms with Gasteiger partial charge in [-0.05, 0) is 37.1 Å². The average Bonchev–Trinajstić information content (AvgIpc) is 3.03. The first-order valence-corrected chi connectivity index (χ1v) is 10.3. The molecule has 4 rings (SSSR count). The molecule has 0 saturated heterocycles. The van der Waals surface area contributed by atoms with Gasteiger partial charge in [0.15, 0.2) is 0 Å². The monoisotopic (exact) mass is 446 g/mol. The van der Waals surface area contributed by atoms with Gasteiger partial charge in [-0.3, -0.25) is 9.59 Å². The second-order valence-corrected chi connectivity index (χ2v) is 7.69. The third-order valence-electron chi connectivity index (χ3n) is 5.45. The number of carbonyl (C=O) groups excluding carboxylic acids is 2. The van der Waals surface area contributed by atoms with Gasteiger partial charge in [0.25, 0.3) is 11.8 Å². The first kappa shape index (κ1) is 22.1. The van der Waals surface area contributed by atoms with E-state index in [0.717, 1.165) is 16.0 Å². The highest BCUT2D eigenvalue weighted by Crippen LogP contribution is 2.37. The number of amides is 2. The Balaban J connectivity index is 1.88. The van der Waals surface area contributed by atoms with Crippen LogP contribution in [0.2, 0.25) is 0 Å². The molecule has 1 N–H and O–H groups in total. The summed E-state index contributed by atoms with van der Waals surface area (Å²) in [6.07, 6.45) is 0. The lowest BCUT2D eigenvalue weighted by atomic mass is 9.97. The largest absolute Gasteiger partial charge is 0.497 e. The number of carbonyl (C=O) groups is 2. The van der Waals surface area contributed by atoms with E-state index in [0.29, 0.717) is 22.7 Å². The fourth-order valence-corrected chi connectivity index (χ4v) is 3.87. The van der Waals surface area contributed by atoms with E-state index in [1.165, 1.54) is 32.4 Å². The van der Waals surface area contributed by atoms with E-state index in [2.05, 4.69) is 5.32 Å². The molecule has 0 saturated carbocycles. The number of halogens is 1. The number of anilines is 2. The summed E-state index contributed by atoms with van der Waals surface area (Å²) >= 11 is 0. The smallest absolute Gasteiger partial charge is 0.282 e. The van der Waals surface area contributed by atoms with E-state index in [-0.39, 0.29) is 17.0 Å². The summed E-state index contributed by atoms with van der Waals surface area (Å²) in [5.41, 5.74) is 3.04. The van der Waals surface area contributed by atoms with Crippen LogP contribution < -0.4 is 19.7 Å². The summed E-state index contributed by atoms with van der Waals surface area (Å²) in [5.74, 6) is -0.902. The van der Waals surface area contributed by atoms with Crippen LogP contribution in [0.3, 0.4) is 0 Å². The maximum absolute atomic E-state index is 14.6. The number of imide groups is 1. The van der Waals surface area contributed by atoms with Crippen molar-refractivity contribution < 1.29 is 23.5 Å². The third-order valence-corrected chi connectivity index (χ3v) is 5.45. The van der Waals surface area contributed by atoms with Gasteiger partial charge >= 0.3 is 0 Å². The summed E-state index contributed by atoms with van der Waals surface area (Å²) in [5, 5.41) is 3.07. The van der Waals surface area contributed by atoms with E-state index in [1.807, 2.05) is 26.0 Å². The molecule has 0 bridgehead atoms. The summed E-state index contributed by atoms with van der Waals surface area (Å²) < 4.78 is 25.2. The Morgan fingerprint density at radius 3 is 2.12 bits per heavy atom. The zero-order chi connectivity index (χ0) is 23.7. The van der Waals surface area contributed by atoms with Crippen LogP contribution in [-0.2, 0) is 9.59 Å². The minimum atomic E-state index is -0.663. The second-order valence-electron chi connectivity index (χ2n) is 7.69. The molecule has 168 valence electrons. The number of nitrogens with one attached hydrogen (secondary N) is 1. The predicted molar refractivity (Wildman–Crippen MR) is 125 cm³/mol. The second kappa shape index (κ2) is 8.78. The number of nitrogens with zero attached hydrogens (tertiary/aromatic N) is 1. The van der Waals surface area contributed by atoms with E-state index in [9.17, 15) is 14.0 Å². The fourth-order valence-electron chi connectivity index (χ4n) is 3.87. The molecule has 6 nitrogen and oxygen atoms in total. The van der Waals surface area contributed by atoms with Crippen LogP contribution >= 0.6 is 0 Å². The molecule has 0 atom stereocenters. The van der Waals surface area contributed by atoms with E-state index in [1.54, 1.807) is 30.3 Å². The van der Waals surface area contributed by atoms with Crippen molar-refractivity contribution in [3.63, 3.8) is 0 Å². The van der Waals surface area contributed by atoms with Gasteiger partial charge in [0.2, 0.25) is 0 Å². The molecular formula is C26H23FN2O4. The van der Waals surface area contributed by atoms with Crippen LogP contribution in [0.25, 0.3) is 5.57 Å². The molecule has 1 aliphatic rings. The standard InChI is InChI=1S/C26H23FN2O4/c1-15-9-10-20(16(2)11-15)23-24(28-17-12-18(32-3)14-19(13-17)33-4)26(31)29(25(23)30)22-8-6-5-7-21(22)27/h5-14,28H,1-4H3. The van der Waals surface area contributed by atoms with Crippen LogP contribution in [0.1, 0.15) is 16.7 Å². The Bertz CT molecular complexity index is 1280. The number of rotatable bonds is 6. The third kappa shape index (κ3) is 4.05. The number of ether oxygens (including phenoxy) is 2. The van der Waals surface area contributed by atoms with Gasteiger partial charge in [-0.2, -0.15) is 0 Å². The lowest BCUT2D eigenvalue weighted by molar-refractivity contribution is -0.120. The molecule has 0 radical (unpaired) electrons. The molecule has 1 heterocycles. The van der Waals surface area contributed by atoms with Crippen LogP contribution in [-0.4, -0.2) is 26.0 Å². The molecule has 0 aliphatic carbocycles. The van der Waals surface area contributed by atoms with Crippen LogP contribution in [0, 0.1) is 19.7 Å². The molecule has 0 aromatic heterocycles. The van der Waals surface area contributed by atoms with E-state index < -0.39 is 17.6 Å². The molecule has 0 spiro atoms. The maximum atomic E-state index is 14.6. The van der Waals surface area contributed by atoms with E-state index in [4.69, 9.17) is 9.47 Å². The summed E-state index contributed by atoms with van der Waals surface area (Å²) in [4.78, 5) is 27.9. The molecule has 0 fully saturated rings. The van der Waals surface area contributed by atoms with Crippen molar-refractivity contribution in [1.29, 1.82) is 0 Å². The van der Waals surface area contributed by atoms with Crippen molar-refractivity contribution in [2.75, 3.05) is 24.4 Å². The zero-order valence-electron chi connectivity index (χ0n) is 18.7. The quantitative estimate of drug-likeness (QED) is 0.548. The molecule has 33 heavy (non-hydrogen) atoms. The Labute approximate surface area is 191 Å². The molecule has 0 unspecified atom stereocenters. The fraction of sp³-hybridized carbons (Fsp3) is 0.154. The van der Waals surface area contributed by atoms with E-state index >= 15 is 0 Å². The molecule has 3 aromatic carbocycles. The maximum Gasteiger partial charge on any atom is 0.282 e.